The van der Waals surface area contributed by atoms with Gasteiger partial charge in [0, 0.05) is 24.4 Å². The van der Waals surface area contributed by atoms with Gasteiger partial charge in [-0.1, -0.05) is 24.3 Å². The molecule has 4 rings (SSSR count). The predicted octanol–water partition coefficient (Wildman–Crippen LogP) is 2.72. The first-order valence-electron chi connectivity index (χ1n) is 8.49. The van der Waals surface area contributed by atoms with Crippen LogP contribution in [0.25, 0.3) is 10.8 Å². The molecule has 2 aromatic heterocycles. The van der Waals surface area contributed by atoms with Gasteiger partial charge in [-0.25, -0.2) is 5.10 Å². The third-order valence-electron chi connectivity index (χ3n) is 4.74. The van der Waals surface area contributed by atoms with Crippen molar-refractivity contribution in [1.82, 2.24) is 15.1 Å². The Kier molecular flexibility index (Phi) is 4.38. The quantitative estimate of drug-likeness (QED) is 0.722. The molecule has 1 N–H and O–H groups in total. The Morgan fingerprint density at radius 3 is 2.73 bits per heavy atom. The Morgan fingerprint density at radius 1 is 1.15 bits per heavy atom. The molecule has 6 nitrogen and oxygen atoms in total. The Balaban J connectivity index is 1.62. The fourth-order valence-corrected chi connectivity index (χ4v) is 4.17. The number of likely N-dealkylation sites (tertiary alicyclic amines) is 1. The molecule has 1 fully saturated rings. The molecule has 132 valence electrons. The predicted molar refractivity (Wildman–Crippen MR) is 99.6 cm³/mol. The fraction of sp³-hybridized carbons (Fsp3) is 0.263. The van der Waals surface area contributed by atoms with E-state index in [1.807, 2.05) is 17.5 Å². The Hall–Kier alpha value is -2.80. The summed E-state index contributed by atoms with van der Waals surface area (Å²) in [4.78, 5) is 40.0. The van der Waals surface area contributed by atoms with Gasteiger partial charge in [0.2, 0.25) is 0 Å². The van der Waals surface area contributed by atoms with E-state index in [0.29, 0.717) is 23.9 Å². The van der Waals surface area contributed by atoms with Crippen LogP contribution in [0.1, 0.15) is 33.0 Å². The molecular formula is C19H17N3O3S. The number of nitrogens with one attached hydrogen (secondary N) is 1. The molecule has 26 heavy (non-hydrogen) atoms. The number of piperidine rings is 1. The maximum absolute atomic E-state index is 13.0. The Labute approximate surface area is 153 Å². The van der Waals surface area contributed by atoms with E-state index in [4.69, 9.17) is 0 Å². The molecular weight excluding hydrogens is 350 g/mol. The number of hydrogen-bond acceptors (Lipinski definition) is 5. The summed E-state index contributed by atoms with van der Waals surface area (Å²) in [6, 6.07) is 10.6. The normalized spacial score (nSPS) is 17.4. The molecule has 0 radical (unpaired) electrons. The number of fused-ring (bicyclic) bond motifs is 1. The van der Waals surface area contributed by atoms with Gasteiger partial charge < -0.3 is 4.90 Å². The highest BCUT2D eigenvalue weighted by atomic mass is 32.1. The largest absolute Gasteiger partial charge is 0.336 e. The lowest BCUT2D eigenvalue weighted by molar-refractivity contribution is 0.0634. The zero-order valence-electron chi connectivity index (χ0n) is 14.0. The first-order valence-corrected chi connectivity index (χ1v) is 9.37. The second-order valence-corrected chi connectivity index (χ2v) is 7.33. The van der Waals surface area contributed by atoms with Crippen LogP contribution >= 0.6 is 11.3 Å². The second-order valence-electron chi connectivity index (χ2n) is 6.38. The zero-order chi connectivity index (χ0) is 18.1. The van der Waals surface area contributed by atoms with E-state index < -0.39 is 0 Å². The van der Waals surface area contributed by atoms with Gasteiger partial charge in [-0.2, -0.15) is 5.10 Å². The molecule has 1 aliphatic rings. The van der Waals surface area contributed by atoms with Crippen molar-refractivity contribution in [3.63, 3.8) is 0 Å². The molecule has 7 heteroatoms. The number of thiophene rings is 1. The number of aromatic nitrogens is 2. The van der Waals surface area contributed by atoms with E-state index in [1.54, 1.807) is 29.2 Å². The van der Waals surface area contributed by atoms with Gasteiger partial charge in [0.1, 0.15) is 0 Å². The van der Waals surface area contributed by atoms with Crippen molar-refractivity contribution in [3.8, 4) is 0 Å². The lowest BCUT2D eigenvalue weighted by atomic mass is 9.92. The van der Waals surface area contributed by atoms with Crippen molar-refractivity contribution in [2.24, 2.45) is 5.92 Å². The maximum Gasteiger partial charge on any atom is 0.274 e. The third kappa shape index (κ3) is 2.94. The number of rotatable bonds is 3. The number of Topliss-reactive ketones (excluding diaryl/α,β-unsaturated/α-hetero) is 1. The van der Waals surface area contributed by atoms with Gasteiger partial charge >= 0.3 is 0 Å². The van der Waals surface area contributed by atoms with Crippen LogP contribution in [-0.2, 0) is 0 Å². The molecule has 3 aromatic rings. The summed E-state index contributed by atoms with van der Waals surface area (Å²) >= 11 is 1.43. The molecule has 0 spiro atoms. The van der Waals surface area contributed by atoms with E-state index >= 15 is 0 Å². The second kappa shape index (κ2) is 6.84. The molecule has 1 aliphatic heterocycles. The first kappa shape index (κ1) is 16.7. The molecule has 1 amide bonds. The van der Waals surface area contributed by atoms with Crippen LogP contribution in [0.5, 0.6) is 0 Å². The lowest BCUT2D eigenvalue weighted by Gasteiger charge is -2.31. The summed E-state index contributed by atoms with van der Waals surface area (Å²) in [6.07, 6.45) is 1.55. The Bertz CT molecular complexity index is 1030. The topological polar surface area (TPSA) is 83.1 Å². The maximum atomic E-state index is 13.0. The monoisotopic (exact) mass is 367 g/mol. The van der Waals surface area contributed by atoms with Crippen LogP contribution in [0.2, 0.25) is 0 Å². The number of aromatic amines is 1. The van der Waals surface area contributed by atoms with E-state index in [9.17, 15) is 14.4 Å². The number of amides is 1. The number of hydrogen-bond donors (Lipinski definition) is 1. The number of carbonyl (C=O) groups excluding carboxylic acids is 2. The van der Waals surface area contributed by atoms with Crippen LogP contribution in [-0.4, -0.2) is 39.9 Å². The van der Waals surface area contributed by atoms with Gasteiger partial charge in [0.25, 0.3) is 11.5 Å². The standard InChI is InChI=1S/C19H17N3O3S/c23-17(15-8-4-10-26-15)12-5-3-9-22(11-12)19(25)16-13-6-1-2-7-14(13)18(24)21-20-16/h1-2,4,6-8,10,12H,3,5,9,11H2,(H,21,24). The molecule has 0 aliphatic carbocycles. The first-order chi connectivity index (χ1) is 12.6. The minimum Gasteiger partial charge on any atom is -0.336 e. The van der Waals surface area contributed by atoms with Gasteiger partial charge in [-0.15, -0.1) is 11.3 Å². The highest BCUT2D eigenvalue weighted by Gasteiger charge is 2.31. The molecule has 1 atom stereocenters. The summed E-state index contributed by atoms with van der Waals surface area (Å²) in [5.74, 6) is -0.349. The average molecular weight is 367 g/mol. The summed E-state index contributed by atoms with van der Waals surface area (Å²) in [6.45, 7) is 0.965. The number of nitrogens with zero attached hydrogens (tertiary/aromatic N) is 2. The van der Waals surface area contributed by atoms with Crippen molar-refractivity contribution < 1.29 is 9.59 Å². The SMILES string of the molecule is O=C(c1cccs1)C1CCCN(C(=O)c2n[nH]c(=O)c3ccccc23)C1. The van der Waals surface area contributed by atoms with Crippen molar-refractivity contribution in [3.05, 3.63) is 62.7 Å². The highest BCUT2D eigenvalue weighted by molar-refractivity contribution is 7.12. The van der Waals surface area contributed by atoms with Crippen LogP contribution in [0, 0.1) is 5.92 Å². The van der Waals surface area contributed by atoms with Crippen molar-refractivity contribution >= 4 is 33.8 Å². The van der Waals surface area contributed by atoms with Crippen LogP contribution in [0.15, 0.2) is 46.6 Å². The van der Waals surface area contributed by atoms with Crippen molar-refractivity contribution in [1.29, 1.82) is 0 Å². The van der Waals surface area contributed by atoms with Crippen molar-refractivity contribution in [2.75, 3.05) is 13.1 Å². The molecule has 0 bridgehead atoms. The molecule has 0 saturated carbocycles. The molecule has 1 saturated heterocycles. The van der Waals surface area contributed by atoms with E-state index in [0.717, 1.165) is 17.7 Å². The minimum atomic E-state index is -0.318. The van der Waals surface area contributed by atoms with Crippen LogP contribution in [0.3, 0.4) is 0 Å². The highest BCUT2D eigenvalue weighted by Crippen LogP contribution is 2.25. The number of H-pyrrole nitrogens is 1. The zero-order valence-corrected chi connectivity index (χ0v) is 14.8. The molecule has 1 unspecified atom stereocenters. The van der Waals surface area contributed by atoms with E-state index in [-0.39, 0.29) is 28.9 Å². The van der Waals surface area contributed by atoms with Gasteiger partial charge in [0.15, 0.2) is 11.5 Å². The summed E-state index contributed by atoms with van der Waals surface area (Å²) in [5.41, 5.74) is -0.0917. The van der Waals surface area contributed by atoms with E-state index in [1.165, 1.54) is 11.3 Å². The van der Waals surface area contributed by atoms with Crippen LogP contribution in [0.4, 0.5) is 0 Å². The van der Waals surface area contributed by atoms with Gasteiger partial charge in [0.05, 0.1) is 10.3 Å². The Morgan fingerprint density at radius 2 is 1.96 bits per heavy atom. The lowest BCUT2D eigenvalue weighted by Crippen LogP contribution is -2.42. The number of carbonyl (C=O) groups is 2. The van der Waals surface area contributed by atoms with Gasteiger partial charge in [-0.05, 0) is 30.4 Å². The molecule has 3 heterocycles. The average Bonchev–Trinajstić information content (AvgIpc) is 3.22. The fourth-order valence-electron chi connectivity index (χ4n) is 3.42. The third-order valence-corrected chi connectivity index (χ3v) is 5.63. The number of benzene rings is 1. The number of ketones is 1. The summed E-state index contributed by atoms with van der Waals surface area (Å²) in [5, 5.41) is 9.25. The van der Waals surface area contributed by atoms with Gasteiger partial charge in [-0.3, -0.25) is 14.4 Å². The minimum absolute atomic E-state index is 0.0942. The summed E-state index contributed by atoms with van der Waals surface area (Å²) < 4.78 is 0. The van der Waals surface area contributed by atoms with E-state index in [2.05, 4.69) is 10.2 Å². The smallest absolute Gasteiger partial charge is 0.274 e. The summed E-state index contributed by atoms with van der Waals surface area (Å²) in [7, 11) is 0. The molecule has 1 aromatic carbocycles. The van der Waals surface area contributed by atoms with Crippen LogP contribution < -0.4 is 5.56 Å². The van der Waals surface area contributed by atoms with Crippen molar-refractivity contribution in [2.45, 2.75) is 12.8 Å².